The average Bonchev–Trinajstić information content (AvgIpc) is 3.04. The van der Waals surface area contributed by atoms with Crippen LogP contribution in [0.15, 0.2) is 0 Å². The van der Waals surface area contributed by atoms with Gasteiger partial charge in [-0.15, -0.1) is 0 Å². The molecule has 2 atom stereocenters. The summed E-state index contributed by atoms with van der Waals surface area (Å²) in [7, 11) is -2.99. The molecule has 4 nitrogen and oxygen atoms in total. The molecule has 0 spiro atoms. The SMILES string of the molecule is CCCNC(CS(=O)(=O)CC1CCCO1)C1CC1. The van der Waals surface area contributed by atoms with Crippen molar-refractivity contribution in [3.63, 3.8) is 0 Å². The van der Waals surface area contributed by atoms with Crippen LogP contribution in [0.1, 0.15) is 39.0 Å². The Kier molecular flexibility index (Phi) is 5.04. The predicted octanol–water partition coefficient (Wildman–Crippen LogP) is 1.36. The molecule has 0 aromatic carbocycles. The molecule has 1 saturated heterocycles. The highest BCUT2D eigenvalue weighted by atomic mass is 32.2. The number of rotatable bonds is 8. The third-order valence-corrected chi connectivity index (χ3v) is 5.49. The molecular weight excluding hydrogens is 250 g/mol. The van der Waals surface area contributed by atoms with Gasteiger partial charge in [-0.3, -0.25) is 0 Å². The van der Waals surface area contributed by atoms with Crippen LogP contribution in [0.2, 0.25) is 0 Å². The van der Waals surface area contributed by atoms with Crippen molar-refractivity contribution in [1.82, 2.24) is 5.32 Å². The second kappa shape index (κ2) is 6.35. The molecule has 0 bridgehead atoms. The highest BCUT2D eigenvalue weighted by Gasteiger charge is 2.35. The molecule has 1 aliphatic heterocycles. The quantitative estimate of drug-likeness (QED) is 0.727. The highest BCUT2D eigenvalue weighted by molar-refractivity contribution is 7.91. The van der Waals surface area contributed by atoms with Crippen molar-refractivity contribution in [3.05, 3.63) is 0 Å². The van der Waals surface area contributed by atoms with Crippen molar-refractivity contribution >= 4 is 9.84 Å². The monoisotopic (exact) mass is 275 g/mol. The fourth-order valence-electron chi connectivity index (χ4n) is 2.59. The maximum atomic E-state index is 12.2. The Bertz CT molecular complexity index is 345. The smallest absolute Gasteiger partial charge is 0.154 e. The summed E-state index contributed by atoms with van der Waals surface area (Å²) in [4.78, 5) is 0. The van der Waals surface area contributed by atoms with Crippen LogP contribution in [0.5, 0.6) is 0 Å². The lowest BCUT2D eigenvalue weighted by Crippen LogP contribution is -2.39. The van der Waals surface area contributed by atoms with Gasteiger partial charge in [0.15, 0.2) is 9.84 Å². The second-order valence-electron chi connectivity index (χ2n) is 5.61. The molecule has 106 valence electrons. The van der Waals surface area contributed by atoms with E-state index in [2.05, 4.69) is 12.2 Å². The van der Waals surface area contributed by atoms with Gasteiger partial charge >= 0.3 is 0 Å². The minimum Gasteiger partial charge on any atom is -0.377 e. The Labute approximate surface area is 110 Å². The van der Waals surface area contributed by atoms with E-state index < -0.39 is 9.84 Å². The maximum Gasteiger partial charge on any atom is 0.154 e. The van der Waals surface area contributed by atoms with Gasteiger partial charge in [0.1, 0.15) is 0 Å². The lowest BCUT2D eigenvalue weighted by Gasteiger charge is -2.19. The van der Waals surface area contributed by atoms with Gasteiger partial charge in [0.25, 0.3) is 0 Å². The Hall–Kier alpha value is -0.130. The molecule has 2 aliphatic rings. The minimum atomic E-state index is -2.99. The van der Waals surface area contributed by atoms with Crippen LogP contribution in [0, 0.1) is 5.92 Å². The molecule has 5 heteroatoms. The van der Waals surface area contributed by atoms with Crippen LogP contribution in [0.4, 0.5) is 0 Å². The van der Waals surface area contributed by atoms with Crippen LogP contribution in [0.3, 0.4) is 0 Å². The first-order chi connectivity index (χ1) is 8.61. The van der Waals surface area contributed by atoms with E-state index in [9.17, 15) is 8.42 Å². The van der Waals surface area contributed by atoms with Gasteiger partial charge in [0, 0.05) is 12.6 Å². The molecule has 1 aliphatic carbocycles. The van der Waals surface area contributed by atoms with Gasteiger partial charge in [-0.2, -0.15) is 0 Å². The summed E-state index contributed by atoms with van der Waals surface area (Å²) >= 11 is 0. The van der Waals surface area contributed by atoms with E-state index in [1.807, 2.05) is 0 Å². The van der Waals surface area contributed by atoms with E-state index in [-0.39, 0.29) is 23.7 Å². The van der Waals surface area contributed by atoms with E-state index in [0.29, 0.717) is 5.92 Å². The third-order valence-electron chi connectivity index (χ3n) is 3.74. The second-order valence-corrected chi connectivity index (χ2v) is 7.76. The molecule has 1 N–H and O–H groups in total. The minimum absolute atomic E-state index is 0.0546. The summed E-state index contributed by atoms with van der Waals surface area (Å²) in [6, 6.07) is 0.163. The lowest BCUT2D eigenvalue weighted by molar-refractivity contribution is 0.127. The molecule has 2 unspecified atom stereocenters. The van der Waals surface area contributed by atoms with Crippen LogP contribution in [0.25, 0.3) is 0 Å². The van der Waals surface area contributed by atoms with Gasteiger partial charge in [-0.1, -0.05) is 6.92 Å². The molecule has 1 saturated carbocycles. The van der Waals surface area contributed by atoms with Crippen LogP contribution in [-0.2, 0) is 14.6 Å². The van der Waals surface area contributed by atoms with Crippen LogP contribution < -0.4 is 5.32 Å². The Morgan fingerprint density at radius 3 is 2.67 bits per heavy atom. The number of nitrogens with one attached hydrogen (secondary N) is 1. The lowest BCUT2D eigenvalue weighted by atomic mass is 10.2. The van der Waals surface area contributed by atoms with Crippen molar-refractivity contribution in [2.75, 3.05) is 24.7 Å². The fourth-order valence-corrected chi connectivity index (χ4v) is 4.49. The zero-order chi connectivity index (χ0) is 13.0. The van der Waals surface area contributed by atoms with E-state index in [1.54, 1.807) is 0 Å². The molecule has 0 radical (unpaired) electrons. The van der Waals surface area contributed by atoms with E-state index in [0.717, 1.165) is 32.4 Å². The summed E-state index contributed by atoms with van der Waals surface area (Å²) < 4.78 is 29.8. The van der Waals surface area contributed by atoms with Gasteiger partial charge in [0.05, 0.1) is 17.6 Å². The number of hydrogen-bond acceptors (Lipinski definition) is 4. The van der Waals surface area contributed by atoms with Crippen molar-refractivity contribution in [1.29, 1.82) is 0 Å². The molecule has 0 amide bonds. The average molecular weight is 275 g/mol. The number of sulfone groups is 1. The normalized spacial score (nSPS) is 26.4. The van der Waals surface area contributed by atoms with Gasteiger partial charge in [-0.05, 0) is 44.6 Å². The highest BCUT2D eigenvalue weighted by Crippen LogP contribution is 2.33. The van der Waals surface area contributed by atoms with E-state index >= 15 is 0 Å². The Morgan fingerprint density at radius 1 is 1.33 bits per heavy atom. The summed E-state index contributed by atoms with van der Waals surface area (Å²) in [6.07, 6.45) is 5.25. The predicted molar refractivity (Wildman–Crippen MR) is 72.4 cm³/mol. The summed E-state index contributed by atoms with van der Waals surface area (Å²) in [5.41, 5.74) is 0. The molecular formula is C13H25NO3S. The standard InChI is InChI=1S/C13H25NO3S/c1-2-7-14-13(11-5-6-11)10-18(15,16)9-12-4-3-8-17-12/h11-14H,2-10H2,1H3. The van der Waals surface area contributed by atoms with E-state index in [4.69, 9.17) is 4.74 Å². The summed E-state index contributed by atoms with van der Waals surface area (Å²) in [5, 5.41) is 3.39. The fraction of sp³-hybridized carbons (Fsp3) is 1.00. The van der Waals surface area contributed by atoms with Gasteiger partial charge in [0.2, 0.25) is 0 Å². The summed E-state index contributed by atoms with van der Waals surface area (Å²) in [5.74, 6) is 1.08. The zero-order valence-electron chi connectivity index (χ0n) is 11.2. The zero-order valence-corrected chi connectivity index (χ0v) is 12.0. The van der Waals surface area contributed by atoms with Gasteiger partial charge in [-0.25, -0.2) is 8.42 Å². The van der Waals surface area contributed by atoms with E-state index in [1.165, 1.54) is 12.8 Å². The first-order valence-electron chi connectivity index (χ1n) is 7.16. The Balaban J connectivity index is 1.83. The maximum absolute atomic E-state index is 12.2. The largest absolute Gasteiger partial charge is 0.377 e. The van der Waals surface area contributed by atoms with Crippen molar-refractivity contribution < 1.29 is 13.2 Å². The molecule has 0 aromatic heterocycles. The molecule has 1 heterocycles. The first kappa shape index (κ1) is 14.3. The number of ether oxygens (including phenoxy) is 1. The molecule has 2 rings (SSSR count). The molecule has 0 aromatic rings. The van der Waals surface area contributed by atoms with Crippen molar-refractivity contribution in [3.8, 4) is 0 Å². The molecule has 18 heavy (non-hydrogen) atoms. The van der Waals surface area contributed by atoms with Crippen molar-refractivity contribution in [2.24, 2.45) is 5.92 Å². The van der Waals surface area contributed by atoms with Gasteiger partial charge < -0.3 is 10.1 Å². The topological polar surface area (TPSA) is 55.4 Å². The molecule has 2 fully saturated rings. The Morgan fingerprint density at radius 2 is 2.11 bits per heavy atom. The van der Waals surface area contributed by atoms with Crippen LogP contribution in [-0.4, -0.2) is 45.2 Å². The third kappa shape index (κ3) is 4.52. The van der Waals surface area contributed by atoms with Crippen molar-refractivity contribution in [2.45, 2.75) is 51.2 Å². The summed E-state index contributed by atoms with van der Waals surface area (Å²) in [6.45, 7) is 3.74. The van der Waals surface area contributed by atoms with Crippen LogP contribution >= 0.6 is 0 Å². The number of hydrogen-bond donors (Lipinski definition) is 1. The first-order valence-corrected chi connectivity index (χ1v) is 8.98.